The predicted octanol–water partition coefficient (Wildman–Crippen LogP) is 2.00. The van der Waals surface area contributed by atoms with Gasteiger partial charge in [0.2, 0.25) is 0 Å². The van der Waals surface area contributed by atoms with Crippen molar-refractivity contribution in [1.82, 2.24) is 0 Å². The van der Waals surface area contributed by atoms with Crippen molar-refractivity contribution in [2.75, 3.05) is 7.11 Å². The SMILES string of the molecule is CC(C)(O)O.COC1CCC(C)OC12CC=CC2. The van der Waals surface area contributed by atoms with Gasteiger partial charge in [0, 0.05) is 7.11 Å². The Bertz CT molecular complexity index is 266. The minimum absolute atomic E-state index is 0.0214. The minimum Gasteiger partial charge on any atom is -0.378 e. The largest absolute Gasteiger partial charge is 0.378 e. The molecule has 1 heterocycles. The van der Waals surface area contributed by atoms with E-state index in [0.717, 1.165) is 25.7 Å². The summed E-state index contributed by atoms with van der Waals surface area (Å²) >= 11 is 0. The van der Waals surface area contributed by atoms with Gasteiger partial charge >= 0.3 is 0 Å². The molecule has 1 aliphatic heterocycles. The number of rotatable bonds is 1. The van der Waals surface area contributed by atoms with Crippen LogP contribution in [0.5, 0.6) is 0 Å². The molecule has 1 fully saturated rings. The maximum Gasteiger partial charge on any atom is 0.156 e. The van der Waals surface area contributed by atoms with Gasteiger partial charge in [-0.1, -0.05) is 12.2 Å². The van der Waals surface area contributed by atoms with Crippen LogP contribution in [0.15, 0.2) is 12.2 Å². The van der Waals surface area contributed by atoms with Crippen molar-refractivity contribution in [3.05, 3.63) is 12.2 Å². The molecule has 4 nitrogen and oxygen atoms in total. The molecule has 0 saturated carbocycles. The third kappa shape index (κ3) is 4.69. The van der Waals surface area contributed by atoms with E-state index < -0.39 is 5.79 Å². The van der Waals surface area contributed by atoms with Crippen molar-refractivity contribution in [2.45, 2.75) is 70.1 Å². The van der Waals surface area contributed by atoms with Crippen molar-refractivity contribution in [3.8, 4) is 0 Å². The van der Waals surface area contributed by atoms with Crippen molar-refractivity contribution in [1.29, 1.82) is 0 Å². The van der Waals surface area contributed by atoms with E-state index in [0.29, 0.717) is 12.2 Å². The summed E-state index contributed by atoms with van der Waals surface area (Å²) in [4.78, 5) is 0. The summed E-state index contributed by atoms with van der Waals surface area (Å²) in [5.41, 5.74) is -0.0214. The molecule has 0 aromatic rings. The normalized spacial score (nSPS) is 30.1. The summed E-state index contributed by atoms with van der Waals surface area (Å²) in [5, 5.41) is 16.2. The van der Waals surface area contributed by atoms with Crippen LogP contribution in [0.1, 0.15) is 46.5 Å². The second-order valence-corrected chi connectivity index (χ2v) is 5.67. The molecule has 4 heteroatoms. The van der Waals surface area contributed by atoms with Crippen LogP contribution in [0.4, 0.5) is 0 Å². The first kappa shape index (κ1) is 15.6. The molecule has 18 heavy (non-hydrogen) atoms. The van der Waals surface area contributed by atoms with Gasteiger partial charge in [-0.3, -0.25) is 0 Å². The van der Waals surface area contributed by atoms with Crippen LogP contribution in [0, 0.1) is 0 Å². The number of ether oxygens (including phenoxy) is 2. The molecule has 2 unspecified atom stereocenters. The lowest BCUT2D eigenvalue weighted by Crippen LogP contribution is -2.49. The van der Waals surface area contributed by atoms with Gasteiger partial charge in [-0.15, -0.1) is 0 Å². The lowest BCUT2D eigenvalue weighted by molar-refractivity contribution is -0.187. The molecular weight excluding hydrogens is 232 g/mol. The van der Waals surface area contributed by atoms with Crippen LogP contribution in [-0.2, 0) is 9.47 Å². The summed E-state index contributed by atoms with van der Waals surface area (Å²) in [6.45, 7) is 4.76. The average Bonchev–Trinajstić information content (AvgIpc) is 2.64. The highest BCUT2D eigenvalue weighted by atomic mass is 16.6. The molecule has 106 valence electrons. The van der Waals surface area contributed by atoms with E-state index in [4.69, 9.17) is 19.7 Å². The fourth-order valence-corrected chi connectivity index (χ4v) is 2.53. The zero-order valence-corrected chi connectivity index (χ0v) is 11.8. The van der Waals surface area contributed by atoms with Crippen LogP contribution < -0.4 is 0 Å². The molecule has 0 aromatic carbocycles. The highest BCUT2D eigenvalue weighted by Gasteiger charge is 2.44. The Morgan fingerprint density at radius 2 is 1.72 bits per heavy atom. The third-order valence-electron chi connectivity index (χ3n) is 3.24. The highest BCUT2D eigenvalue weighted by Crippen LogP contribution is 2.39. The lowest BCUT2D eigenvalue weighted by atomic mass is 9.86. The van der Waals surface area contributed by atoms with E-state index in [1.165, 1.54) is 13.8 Å². The Labute approximate surface area is 110 Å². The minimum atomic E-state index is -1.50. The van der Waals surface area contributed by atoms with Crippen LogP contribution in [-0.4, -0.2) is 40.9 Å². The van der Waals surface area contributed by atoms with E-state index in [-0.39, 0.29) is 5.60 Å². The molecule has 2 rings (SSSR count). The van der Waals surface area contributed by atoms with Gasteiger partial charge in [0.25, 0.3) is 0 Å². The molecule has 2 atom stereocenters. The lowest BCUT2D eigenvalue weighted by Gasteiger charge is -2.43. The molecule has 0 bridgehead atoms. The monoisotopic (exact) mass is 258 g/mol. The fraction of sp³-hybridized carbons (Fsp3) is 0.857. The second kappa shape index (κ2) is 6.15. The quantitative estimate of drug-likeness (QED) is 0.558. The van der Waals surface area contributed by atoms with Gasteiger partial charge in [-0.2, -0.15) is 0 Å². The number of hydrogen-bond acceptors (Lipinski definition) is 4. The maximum absolute atomic E-state index is 8.08. The summed E-state index contributed by atoms with van der Waals surface area (Å²) in [7, 11) is 1.80. The molecule has 0 amide bonds. The topological polar surface area (TPSA) is 58.9 Å². The summed E-state index contributed by atoms with van der Waals surface area (Å²) in [6.07, 6.45) is 9.42. The van der Waals surface area contributed by atoms with Gasteiger partial charge in [0.05, 0.1) is 12.2 Å². The predicted molar refractivity (Wildman–Crippen MR) is 70.2 cm³/mol. The first-order chi connectivity index (χ1) is 8.27. The van der Waals surface area contributed by atoms with E-state index in [9.17, 15) is 0 Å². The molecule has 1 saturated heterocycles. The van der Waals surface area contributed by atoms with Gasteiger partial charge in [0.15, 0.2) is 5.79 Å². The van der Waals surface area contributed by atoms with Crippen molar-refractivity contribution < 1.29 is 19.7 Å². The van der Waals surface area contributed by atoms with E-state index >= 15 is 0 Å². The molecule has 0 aromatic heterocycles. The third-order valence-corrected chi connectivity index (χ3v) is 3.24. The van der Waals surface area contributed by atoms with Crippen LogP contribution >= 0.6 is 0 Å². The van der Waals surface area contributed by atoms with Crippen molar-refractivity contribution >= 4 is 0 Å². The average molecular weight is 258 g/mol. The van der Waals surface area contributed by atoms with Crippen LogP contribution in [0.3, 0.4) is 0 Å². The Balaban J connectivity index is 0.000000280. The Hall–Kier alpha value is -0.420. The Morgan fingerprint density at radius 3 is 2.17 bits per heavy atom. The first-order valence-electron chi connectivity index (χ1n) is 6.57. The number of methoxy groups -OCH3 is 1. The van der Waals surface area contributed by atoms with Gasteiger partial charge in [-0.25, -0.2) is 0 Å². The molecule has 0 radical (unpaired) electrons. The van der Waals surface area contributed by atoms with E-state index in [1.807, 2.05) is 0 Å². The standard InChI is InChI=1S/C11H18O2.C3H8O2/c1-9-5-6-10(12-2)11(13-9)7-3-4-8-11;1-3(2,4)5/h3-4,9-10H,5-8H2,1-2H3;4-5H,1-2H3. The van der Waals surface area contributed by atoms with Crippen LogP contribution in [0.2, 0.25) is 0 Å². The van der Waals surface area contributed by atoms with Crippen molar-refractivity contribution in [2.24, 2.45) is 0 Å². The molecular formula is C14H26O4. The molecule has 2 aliphatic rings. The van der Waals surface area contributed by atoms with E-state index in [1.54, 1.807) is 7.11 Å². The fourth-order valence-electron chi connectivity index (χ4n) is 2.53. The summed E-state index contributed by atoms with van der Waals surface area (Å²) < 4.78 is 11.6. The van der Waals surface area contributed by atoms with E-state index in [2.05, 4.69) is 19.1 Å². The Kier molecular flexibility index (Phi) is 5.34. The van der Waals surface area contributed by atoms with Gasteiger partial charge in [-0.05, 0) is 46.5 Å². The van der Waals surface area contributed by atoms with Gasteiger partial charge < -0.3 is 19.7 Å². The van der Waals surface area contributed by atoms with Crippen molar-refractivity contribution in [3.63, 3.8) is 0 Å². The molecule has 1 spiro atoms. The van der Waals surface area contributed by atoms with Crippen LogP contribution in [0.25, 0.3) is 0 Å². The zero-order valence-electron chi connectivity index (χ0n) is 11.8. The highest BCUT2D eigenvalue weighted by molar-refractivity contribution is 5.10. The Morgan fingerprint density at radius 1 is 1.22 bits per heavy atom. The molecule has 2 N–H and O–H groups in total. The molecule has 1 aliphatic carbocycles. The summed E-state index contributed by atoms with van der Waals surface area (Å²) in [6, 6.07) is 0. The second-order valence-electron chi connectivity index (χ2n) is 5.67. The number of hydrogen-bond donors (Lipinski definition) is 2. The first-order valence-corrected chi connectivity index (χ1v) is 6.57. The van der Waals surface area contributed by atoms with Gasteiger partial charge in [0.1, 0.15) is 5.60 Å². The smallest absolute Gasteiger partial charge is 0.156 e. The maximum atomic E-state index is 8.08. The zero-order chi connectivity index (χ0) is 13.8. The number of aliphatic hydroxyl groups is 2. The summed E-state index contributed by atoms with van der Waals surface area (Å²) in [5.74, 6) is -1.50.